The number of rotatable bonds is 9. The van der Waals surface area contributed by atoms with Gasteiger partial charge in [-0.25, -0.2) is 0 Å². The van der Waals surface area contributed by atoms with E-state index in [-0.39, 0.29) is 5.91 Å². The van der Waals surface area contributed by atoms with E-state index in [0.717, 1.165) is 37.4 Å². The van der Waals surface area contributed by atoms with Crippen LogP contribution in [0.1, 0.15) is 38.2 Å². The lowest BCUT2D eigenvalue weighted by molar-refractivity contribution is -0.122. The van der Waals surface area contributed by atoms with Crippen LogP contribution in [0.3, 0.4) is 0 Å². The average molecular weight is 348 g/mol. The zero-order valence-electron chi connectivity index (χ0n) is 15.8. The maximum atomic E-state index is 12.1. The second-order valence-electron chi connectivity index (χ2n) is 6.91. The summed E-state index contributed by atoms with van der Waals surface area (Å²) in [4.78, 5) is 12.1. The molecule has 1 atom stereocenters. The molecule has 0 saturated carbocycles. The molecule has 2 N–H and O–H groups in total. The van der Waals surface area contributed by atoms with Crippen LogP contribution < -0.4 is 20.1 Å². The molecule has 1 aromatic rings. The van der Waals surface area contributed by atoms with Crippen LogP contribution in [0.2, 0.25) is 0 Å². The molecular weight excluding hydrogens is 316 g/mol. The Bertz CT molecular complexity index is 542. The summed E-state index contributed by atoms with van der Waals surface area (Å²) in [6.07, 6.45) is 4.84. The first-order valence-corrected chi connectivity index (χ1v) is 9.32. The predicted molar refractivity (Wildman–Crippen MR) is 100 cm³/mol. The van der Waals surface area contributed by atoms with Gasteiger partial charge in [0.15, 0.2) is 11.5 Å². The Morgan fingerprint density at radius 1 is 1.24 bits per heavy atom. The van der Waals surface area contributed by atoms with Gasteiger partial charge in [-0.05, 0) is 68.3 Å². The fourth-order valence-electron chi connectivity index (χ4n) is 3.50. The van der Waals surface area contributed by atoms with Crippen molar-refractivity contribution >= 4 is 5.91 Å². The molecule has 5 heteroatoms. The average Bonchev–Trinajstić information content (AvgIpc) is 2.65. The Morgan fingerprint density at radius 3 is 2.64 bits per heavy atom. The van der Waals surface area contributed by atoms with E-state index < -0.39 is 0 Å². The number of methoxy groups -OCH3 is 2. The van der Waals surface area contributed by atoms with E-state index in [9.17, 15) is 4.79 Å². The molecule has 1 heterocycles. The van der Waals surface area contributed by atoms with Crippen LogP contribution in [-0.4, -0.2) is 39.8 Å². The van der Waals surface area contributed by atoms with Crippen LogP contribution in [0.15, 0.2) is 18.2 Å². The SMILES string of the molecule is COc1ccc(CCCNC(=O)CC(C)C2CCNCC2)cc1OC. The Hall–Kier alpha value is -1.75. The summed E-state index contributed by atoms with van der Waals surface area (Å²) in [5.74, 6) is 2.82. The highest BCUT2D eigenvalue weighted by molar-refractivity contribution is 5.76. The van der Waals surface area contributed by atoms with Crippen molar-refractivity contribution in [1.29, 1.82) is 0 Å². The first-order chi connectivity index (χ1) is 12.1. The number of amides is 1. The van der Waals surface area contributed by atoms with Crippen molar-refractivity contribution < 1.29 is 14.3 Å². The van der Waals surface area contributed by atoms with Gasteiger partial charge in [0.25, 0.3) is 0 Å². The van der Waals surface area contributed by atoms with Crippen molar-refractivity contribution in [2.45, 2.75) is 39.0 Å². The van der Waals surface area contributed by atoms with Gasteiger partial charge in [0.2, 0.25) is 5.91 Å². The lowest BCUT2D eigenvalue weighted by Crippen LogP contribution is -2.33. The number of aryl methyl sites for hydroxylation is 1. The van der Waals surface area contributed by atoms with Crippen LogP contribution in [0.5, 0.6) is 11.5 Å². The molecule has 0 bridgehead atoms. The van der Waals surface area contributed by atoms with E-state index in [2.05, 4.69) is 17.6 Å². The summed E-state index contributed by atoms with van der Waals surface area (Å²) in [5.41, 5.74) is 1.19. The second kappa shape index (κ2) is 10.3. The molecule has 1 aromatic carbocycles. The van der Waals surface area contributed by atoms with Crippen LogP contribution in [0.25, 0.3) is 0 Å². The van der Waals surface area contributed by atoms with E-state index in [1.54, 1.807) is 14.2 Å². The first kappa shape index (κ1) is 19.6. The highest BCUT2D eigenvalue weighted by atomic mass is 16.5. The molecule has 25 heavy (non-hydrogen) atoms. The fraction of sp³-hybridized carbons (Fsp3) is 0.650. The molecule has 0 aliphatic carbocycles. The number of carbonyl (C=O) groups excluding carboxylic acids is 1. The molecule has 0 aromatic heterocycles. The molecule has 1 fully saturated rings. The number of benzene rings is 1. The molecule has 0 radical (unpaired) electrons. The molecule has 1 amide bonds. The smallest absolute Gasteiger partial charge is 0.220 e. The van der Waals surface area contributed by atoms with Gasteiger partial charge in [-0.2, -0.15) is 0 Å². The normalized spacial score (nSPS) is 16.3. The summed E-state index contributed by atoms with van der Waals surface area (Å²) >= 11 is 0. The summed E-state index contributed by atoms with van der Waals surface area (Å²) in [5, 5.41) is 6.44. The van der Waals surface area contributed by atoms with E-state index >= 15 is 0 Å². The third kappa shape index (κ3) is 6.24. The van der Waals surface area contributed by atoms with Gasteiger partial charge < -0.3 is 20.1 Å². The van der Waals surface area contributed by atoms with Crippen LogP contribution in [0.4, 0.5) is 0 Å². The molecule has 0 spiro atoms. The van der Waals surface area contributed by atoms with E-state index in [1.165, 1.54) is 18.4 Å². The molecule has 1 aliphatic heterocycles. The van der Waals surface area contributed by atoms with Crippen molar-refractivity contribution in [3.05, 3.63) is 23.8 Å². The Labute approximate surface area is 151 Å². The molecule has 5 nitrogen and oxygen atoms in total. The number of piperidine rings is 1. The maximum Gasteiger partial charge on any atom is 0.220 e. The zero-order valence-corrected chi connectivity index (χ0v) is 15.8. The van der Waals surface area contributed by atoms with Crippen molar-refractivity contribution in [1.82, 2.24) is 10.6 Å². The minimum atomic E-state index is 0.179. The molecule has 2 rings (SSSR count). The van der Waals surface area contributed by atoms with Crippen molar-refractivity contribution in [2.75, 3.05) is 33.9 Å². The number of hydrogen-bond acceptors (Lipinski definition) is 4. The zero-order chi connectivity index (χ0) is 18.1. The highest BCUT2D eigenvalue weighted by Gasteiger charge is 2.21. The van der Waals surface area contributed by atoms with Gasteiger partial charge in [0, 0.05) is 13.0 Å². The molecule has 1 unspecified atom stereocenters. The summed E-state index contributed by atoms with van der Waals surface area (Å²) < 4.78 is 10.6. The van der Waals surface area contributed by atoms with Gasteiger partial charge in [-0.15, -0.1) is 0 Å². The van der Waals surface area contributed by atoms with Crippen molar-refractivity contribution in [3.8, 4) is 11.5 Å². The highest BCUT2D eigenvalue weighted by Crippen LogP contribution is 2.28. The van der Waals surface area contributed by atoms with Crippen LogP contribution >= 0.6 is 0 Å². The van der Waals surface area contributed by atoms with Crippen molar-refractivity contribution in [2.24, 2.45) is 11.8 Å². The minimum absolute atomic E-state index is 0.179. The number of carbonyl (C=O) groups is 1. The van der Waals surface area contributed by atoms with Gasteiger partial charge in [-0.3, -0.25) is 4.79 Å². The predicted octanol–water partition coefficient (Wildman–Crippen LogP) is 2.78. The molecule has 1 saturated heterocycles. The number of hydrogen-bond donors (Lipinski definition) is 2. The Morgan fingerprint density at radius 2 is 1.96 bits per heavy atom. The summed E-state index contributed by atoms with van der Waals surface area (Å²) in [6, 6.07) is 5.97. The van der Waals surface area contributed by atoms with Crippen LogP contribution in [-0.2, 0) is 11.2 Å². The van der Waals surface area contributed by atoms with E-state index in [4.69, 9.17) is 9.47 Å². The summed E-state index contributed by atoms with van der Waals surface area (Å²) in [6.45, 7) is 5.09. The molecular formula is C20H32N2O3. The summed E-state index contributed by atoms with van der Waals surface area (Å²) in [7, 11) is 3.28. The first-order valence-electron chi connectivity index (χ1n) is 9.32. The van der Waals surface area contributed by atoms with Crippen LogP contribution in [0, 0.1) is 11.8 Å². The molecule has 140 valence electrons. The van der Waals surface area contributed by atoms with E-state index in [0.29, 0.717) is 24.8 Å². The van der Waals surface area contributed by atoms with Gasteiger partial charge in [0.1, 0.15) is 0 Å². The lowest BCUT2D eigenvalue weighted by Gasteiger charge is -2.27. The fourth-order valence-corrected chi connectivity index (χ4v) is 3.50. The minimum Gasteiger partial charge on any atom is -0.493 e. The second-order valence-corrected chi connectivity index (χ2v) is 6.91. The quantitative estimate of drug-likeness (QED) is 0.674. The Balaban J connectivity index is 1.67. The third-order valence-electron chi connectivity index (χ3n) is 5.11. The largest absolute Gasteiger partial charge is 0.493 e. The third-order valence-corrected chi connectivity index (χ3v) is 5.11. The maximum absolute atomic E-state index is 12.1. The Kier molecular flexibility index (Phi) is 8.06. The standard InChI is InChI=1S/C20H32N2O3/c1-15(17-8-11-21-12-9-17)13-20(23)22-10-4-5-16-6-7-18(24-2)19(14-16)25-3/h6-7,14-15,17,21H,4-5,8-13H2,1-3H3,(H,22,23). The number of nitrogens with one attached hydrogen (secondary N) is 2. The van der Waals surface area contributed by atoms with Gasteiger partial charge >= 0.3 is 0 Å². The van der Waals surface area contributed by atoms with E-state index in [1.807, 2.05) is 18.2 Å². The number of ether oxygens (including phenoxy) is 2. The van der Waals surface area contributed by atoms with Crippen molar-refractivity contribution in [3.63, 3.8) is 0 Å². The monoisotopic (exact) mass is 348 g/mol. The lowest BCUT2D eigenvalue weighted by atomic mass is 9.84. The van der Waals surface area contributed by atoms with Gasteiger partial charge in [-0.1, -0.05) is 13.0 Å². The van der Waals surface area contributed by atoms with Gasteiger partial charge in [0.05, 0.1) is 14.2 Å². The molecule has 1 aliphatic rings. The topological polar surface area (TPSA) is 59.6 Å².